The van der Waals surface area contributed by atoms with Gasteiger partial charge >= 0.3 is 5.63 Å². The molecule has 4 rings (SSSR count). The zero-order valence-electron chi connectivity index (χ0n) is 19.5. The number of carbonyl (C=O) groups is 1. The van der Waals surface area contributed by atoms with E-state index >= 15 is 0 Å². The molecule has 1 aliphatic heterocycles. The fourth-order valence-electron chi connectivity index (χ4n) is 4.85. The van der Waals surface area contributed by atoms with Gasteiger partial charge in [0.15, 0.2) is 0 Å². The Morgan fingerprint density at radius 1 is 1.18 bits per heavy atom. The highest BCUT2D eigenvalue weighted by Crippen LogP contribution is 2.25. The van der Waals surface area contributed by atoms with Gasteiger partial charge in [0.05, 0.1) is 0 Å². The lowest BCUT2D eigenvalue weighted by atomic mass is 10.0. The Morgan fingerprint density at radius 2 is 2.00 bits per heavy atom. The zero-order chi connectivity index (χ0) is 23.2. The molecule has 1 aromatic heterocycles. The van der Waals surface area contributed by atoms with Crippen molar-refractivity contribution < 1.29 is 9.21 Å². The lowest BCUT2D eigenvalue weighted by Gasteiger charge is -2.39. The molecule has 1 N–H and O–H groups in total. The third-order valence-corrected chi connectivity index (χ3v) is 6.28. The highest BCUT2D eigenvalue weighted by Gasteiger charge is 2.26. The summed E-state index contributed by atoms with van der Waals surface area (Å²) in [4.78, 5) is 28.8. The van der Waals surface area contributed by atoms with Crippen molar-refractivity contribution in [1.29, 1.82) is 0 Å². The first kappa shape index (κ1) is 23.2. The number of likely N-dealkylation sites (tertiary alicyclic amines) is 1. The number of fused-ring (bicyclic) bond motifs is 1. The number of nitrogens with zero attached hydrogens (tertiary/aromatic N) is 2. The molecule has 0 radical (unpaired) electrons. The average Bonchev–Trinajstić information content (AvgIpc) is 2.79. The second-order valence-corrected chi connectivity index (χ2v) is 8.97. The smallest absolute Gasteiger partial charge is 0.336 e. The van der Waals surface area contributed by atoms with Crippen molar-refractivity contribution in [2.45, 2.75) is 52.2 Å². The van der Waals surface area contributed by atoms with Gasteiger partial charge in [-0.3, -0.25) is 14.6 Å². The summed E-state index contributed by atoms with van der Waals surface area (Å²) in [5.41, 5.74) is 3.11. The topological polar surface area (TPSA) is 65.8 Å². The van der Waals surface area contributed by atoms with Crippen LogP contribution in [-0.4, -0.2) is 41.4 Å². The number of anilines is 1. The predicted molar refractivity (Wildman–Crippen MR) is 132 cm³/mol. The molecule has 2 aromatic carbocycles. The first-order valence-corrected chi connectivity index (χ1v) is 11.9. The van der Waals surface area contributed by atoms with E-state index in [1.54, 1.807) is 12.1 Å². The maximum Gasteiger partial charge on any atom is 0.336 e. The average molecular weight is 448 g/mol. The standard InChI is InChI=1S/C27H33N3O3/c1-3-13-30(24-10-7-14-29(19-24)17-21-8-5-4-6-9-21)18-22-15-27(32)33-26-16-23(28-20(2)31)11-12-25(22)26/h4-6,8-9,11-12,15-16,24H,3,7,10,13-14,17-19H2,1-2H3,(H,28,31). The van der Waals surface area contributed by atoms with Crippen LogP contribution >= 0.6 is 0 Å². The van der Waals surface area contributed by atoms with Gasteiger partial charge in [0, 0.05) is 55.8 Å². The molecule has 0 bridgehead atoms. The van der Waals surface area contributed by atoms with E-state index in [1.807, 2.05) is 12.1 Å². The highest BCUT2D eigenvalue weighted by molar-refractivity contribution is 5.92. The number of amides is 1. The van der Waals surface area contributed by atoms with Crippen LogP contribution in [0.3, 0.4) is 0 Å². The monoisotopic (exact) mass is 447 g/mol. The molecule has 3 aromatic rings. The molecule has 1 saturated heterocycles. The minimum absolute atomic E-state index is 0.153. The van der Waals surface area contributed by atoms with Crippen molar-refractivity contribution >= 4 is 22.6 Å². The molecule has 6 heteroatoms. The Kier molecular flexibility index (Phi) is 7.57. The van der Waals surface area contributed by atoms with E-state index in [4.69, 9.17) is 4.42 Å². The SMILES string of the molecule is CCCN(Cc1cc(=O)oc2cc(NC(C)=O)ccc12)C1CCCN(Cc2ccccc2)C1. The van der Waals surface area contributed by atoms with Crippen LogP contribution in [0.25, 0.3) is 11.0 Å². The summed E-state index contributed by atoms with van der Waals surface area (Å²) >= 11 is 0. The number of piperidine rings is 1. The predicted octanol–water partition coefficient (Wildman–Crippen LogP) is 4.63. The molecule has 0 saturated carbocycles. The largest absolute Gasteiger partial charge is 0.423 e. The number of benzene rings is 2. The van der Waals surface area contributed by atoms with Gasteiger partial charge in [0.2, 0.25) is 5.91 Å². The van der Waals surface area contributed by atoms with Crippen LogP contribution in [0.4, 0.5) is 5.69 Å². The maximum absolute atomic E-state index is 12.3. The van der Waals surface area contributed by atoms with Gasteiger partial charge in [-0.15, -0.1) is 0 Å². The molecule has 1 aliphatic rings. The quantitative estimate of drug-likeness (QED) is 0.510. The number of nitrogens with one attached hydrogen (secondary N) is 1. The maximum atomic E-state index is 12.3. The van der Waals surface area contributed by atoms with E-state index in [0.29, 0.717) is 23.9 Å². The fraction of sp³-hybridized carbons (Fsp3) is 0.407. The summed E-state index contributed by atoms with van der Waals surface area (Å²) < 4.78 is 5.46. The van der Waals surface area contributed by atoms with Crippen molar-refractivity contribution in [3.05, 3.63) is 76.1 Å². The van der Waals surface area contributed by atoms with Crippen LogP contribution in [-0.2, 0) is 17.9 Å². The van der Waals surface area contributed by atoms with Crippen LogP contribution in [0, 0.1) is 0 Å². The van der Waals surface area contributed by atoms with Gasteiger partial charge in [-0.25, -0.2) is 4.79 Å². The molecular formula is C27H33N3O3. The van der Waals surface area contributed by atoms with Crippen LogP contribution in [0.1, 0.15) is 44.2 Å². The second kappa shape index (κ2) is 10.8. The molecular weight excluding hydrogens is 414 g/mol. The number of hydrogen-bond acceptors (Lipinski definition) is 5. The Balaban J connectivity index is 1.54. The summed E-state index contributed by atoms with van der Waals surface area (Å²) in [6.45, 7) is 8.48. The molecule has 1 unspecified atom stereocenters. The van der Waals surface area contributed by atoms with E-state index in [-0.39, 0.29) is 11.5 Å². The molecule has 0 spiro atoms. The minimum atomic E-state index is -0.358. The van der Waals surface area contributed by atoms with Crippen LogP contribution in [0.15, 0.2) is 63.8 Å². The number of rotatable bonds is 8. The molecule has 33 heavy (non-hydrogen) atoms. The fourth-order valence-corrected chi connectivity index (χ4v) is 4.85. The zero-order valence-corrected chi connectivity index (χ0v) is 19.5. The summed E-state index contributed by atoms with van der Waals surface area (Å²) in [6, 6.07) is 18.2. The van der Waals surface area contributed by atoms with Gasteiger partial charge in [0.25, 0.3) is 0 Å². The Hall–Kier alpha value is -2.96. The molecule has 6 nitrogen and oxygen atoms in total. The third kappa shape index (κ3) is 6.09. The van der Waals surface area contributed by atoms with Crippen molar-refractivity contribution in [3.8, 4) is 0 Å². The van der Waals surface area contributed by atoms with E-state index in [0.717, 1.165) is 50.0 Å². The molecule has 174 valence electrons. The van der Waals surface area contributed by atoms with Crippen molar-refractivity contribution in [2.75, 3.05) is 25.0 Å². The summed E-state index contributed by atoms with van der Waals surface area (Å²) in [5.74, 6) is -0.153. The first-order valence-electron chi connectivity index (χ1n) is 11.9. The van der Waals surface area contributed by atoms with E-state index in [9.17, 15) is 9.59 Å². The number of hydrogen-bond donors (Lipinski definition) is 1. The van der Waals surface area contributed by atoms with Crippen LogP contribution in [0.2, 0.25) is 0 Å². The van der Waals surface area contributed by atoms with E-state index in [2.05, 4.69) is 52.4 Å². The second-order valence-electron chi connectivity index (χ2n) is 8.97. The molecule has 2 heterocycles. The summed E-state index contributed by atoms with van der Waals surface area (Å²) in [5, 5.41) is 3.67. The Morgan fingerprint density at radius 3 is 2.76 bits per heavy atom. The van der Waals surface area contributed by atoms with Gasteiger partial charge in [-0.1, -0.05) is 37.3 Å². The Labute approximate surface area is 195 Å². The van der Waals surface area contributed by atoms with E-state index < -0.39 is 0 Å². The third-order valence-electron chi connectivity index (χ3n) is 6.28. The first-order chi connectivity index (χ1) is 16.0. The van der Waals surface area contributed by atoms with Gasteiger partial charge in [-0.05, 0) is 55.6 Å². The summed E-state index contributed by atoms with van der Waals surface area (Å²) in [6.07, 6.45) is 3.40. The molecule has 1 atom stereocenters. The molecule has 0 aliphatic carbocycles. The van der Waals surface area contributed by atoms with Crippen molar-refractivity contribution in [1.82, 2.24) is 9.80 Å². The minimum Gasteiger partial charge on any atom is -0.423 e. The van der Waals surface area contributed by atoms with Crippen molar-refractivity contribution in [3.63, 3.8) is 0 Å². The van der Waals surface area contributed by atoms with E-state index in [1.165, 1.54) is 18.9 Å². The molecule has 1 amide bonds. The van der Waals surface area contributed by atoms with Crippen LogP contribution < -0.4 is 10.9 Å². The summed E-state index contributed by atoms with van der Waals surface area (Å²) in [7, 11) is 0. The highest BCUT2D eigenvalue weighted by atomic mass is 16.4. The normalized spacial score (nSPS) is 16.9. The van der Waals surface area contributed by atoms with Crippen molar-refractivity contribution in [2.24, 2.45) is 0 Å². The number of carbonyl (C=O) groups excluding carboxylic acids is 1. The van der Waals surface area contributed by atoms with Gasteiger partial charge in [0.1, 0.15) is 5.58 Å². The van der Waals surface area contributed by atoms with Gasteiger partial charge in [-0.2, -0.15) is 0 Å². The van der Waals surface area contributed by atoms with Gasteiger partial charge < -0.3 is 9.73 Å². The molecule has 1 fully saturated rings. The lowest BCUT2D eigenvalue weighted by molar-refractivity contribution is -0.114. The van der Waals surface area contributed by atoms with Crippen LogP contribution in [0.5, 0.6) is 0 Å². The Bertz CT molecular complexity index is 1140. The lowest BCUT2D eigenvalue weighted by Crippen LogP contribution is -2.47.